The van der Waals surface area contributed by atoms with Crippen molar-refractivity contribution in [3.8, 4) is 11.3 Å². The van der Waals surface area contributed by atoms with Crippen molar-refractivity contribution in [1.82, 2.24) is 9.97 Å². The molecule has 1 N–H and O–H groups in total. The Morgan fingerprint density at radius 1 is 1.22 bits per heavy atom. The molecule has 1 amide bonds. The SMILES string of the molecule is COC(=O)Cc1csc(NC(=O)CCc2nc(C)c(-c3ccccc3)o2)n1. The van der Waals surface area contributed by atoms with E-state index in [0.29, 0.717) is 23.1 Å². The zero-order valence-electron chi connectivity index (χ0n) is 15.0. The molecule has 2 aromatic heterocycles. The smallest absolute Gasteiger partial charge is 0.311 e. The number of amides is 1. The molecule has 0 radical (unpaired) electrons. The highest BCUT2D eigenvalue weighted by molar-refractivity contribution is 7.13. The minimum absolute atomic E-state index is 0.0841. The number of hydrogen-bond donors (Lipinski definition) is 1. The molecule has 140 valence electrons. The quantitative estimate of drug-likeness (QED) is 0.627. The number of esters is 1. The monoisotopic (exact) mass is 385 g/mol. The van der Waals surface area contributed by atoms with Crippen molar-refractivity contribution in [2.24, 2.45) is 0 Å². The number of thiazole rings is 1. The Morgan fingerprint density at radius 2 is 2.00 bits per heavy atom. The molecule has 27 heavy (non-hydrogen) atoms. The van der Waals surface area contributed by atoms with Crippen LogP contribution in [0, 0.1) is 6.92 Å². The van der Waals surface area contributed by atoms with Crippen molar-refractivity contribution in [2.75, 3.05) is 12.4 Å². The van der Waals surface area contributed by atoms with Gasteiger partial charge < -0.3 is 14.5 Å². The fraction of sp³-hybridized carbons (Fsp3) is 0.263. The minimum Gasteiger partial charge on any atom is -0.469 e. The van der Waals surface area contributed by atoms with Gasteiger partial charge in [-0.25, -0.2) is 9.97 Å². The van der Waals surface area contributed by atoms with E-state index in [4.69, 9.17) is 4.42 Å². The van der Waals surface area contributed by atoms with E-state index >= 15 is 0 Å². The van der Waals surface area contributed by atoms with Crippen molar-refractivity contribution in [2.45, 2.75) is 26.2 Å². The Labute approximate surface area is 160 Å². The summed E-state index contributed by atoms with van der Waals surface area (Å²) in [5.74, 6) is 0.683. The number of nitrogens with zero attached hydrogens (tertiary/aromatic N) is 2. The second-order valence-corrected chi connectivity index (χ2v) is 6.69. The average molecular weight is 385 g/mol. The Bertz CT molecular complexity index is 934. The lowest BCUT2D eigenvalue weighted by molar-refractivity contribution is -0.139. The first kappa shape index (κ1) is 18.8. The van der Waals surface area contributed by atoms with E-state index in [9.17, 15) is 9.59 Å². The zero-order chi connectivity index (χ0) is 19.2. The van der Waals surface area contributed by atoms with Gasteiger partial charge in [-0.15, -0.1) is 11.3 Å². The van der Waals surface area contributed by atoms with E-state index in [-0.39, 0.29) is 24.7 Å². The van der Waals surface area contributed by atoms with Crippen LogP contribution in [0.1, 0.15) is 23.7 Å². The molecule has 1 aromatic carbocycles. The highest BCUT2D eigenvalue weighted by Crippen LogP contribution is 2.24. The first-order chi connectivity index (χ1) is 13.0. The van der Waals surface area contributed by atoms with Crippen LogP contribution in [0.4, 0.5) is 5.13 Å². The molecule has 0 spiro atoms. The number of carbonyl (C=O) groups is 2. The maximum absolute atomic E-state index is 12.1. The summed E-state index contributed by atoms with van der Waals surface area (Å²) >= 11 is 1.27. The number of oxazole rings is 1. The number of aromatic nitrogens is 2. The van der Waals surface area contributed by atoms with Crippen LogP contribution in [0.15, 0.2) is 40.1 Å². The van der Waals surface area contributed by atoms with Gasteiger partial charge in [0, 0.05) is 23.8 Å². The molecule has 8 heteroatoms. The van der Waals surface area contributed by atoms with Gasteiger partial charge in [0.15, 0.2) is 16.8 Å². The number of carbonyl (C=O) groups excluding carboxylic acids is 2. The number of aryl methyl sites for hydroxylation is 2. The second kappa shape index (κ2) is 8.59. The summed E-state index contributed by atoms with van der Waals surface area (Å²) in [6.45, 7) is 1.88. The van der Waals surface area contributed by atoms with Gasteiger partial charge in [0.2, 0.25) is 5.91 Å². The maximum atomic E-state index is 12.1. The topological polar surface area (TPSA) is 94.3 Å². The number of methoxy groups -OCH3 is 1. The molecular weight excluding hydrogens is 366 g/mol. The van der Waals surface area contributed by atoms with E-state index in [1.54, 1.807) is 5.38 Å². The van der Waals surface area contributed by atoms with Gasteiger partial charge in [-0.05, 0) is 6.92 Å². The van der Waals surface area contributed by atoms with E-state index < -0.39 is 0 Å². The predicted octanol–water partition coefficient (Wildman–Crippen LogP) is 3.39. The third-order valence-electron chi connectivity index (χ3n) is 3.79. The second-order valence-electron chi connectivity index (χ2n) is 5.83. The number of hydrogen-bond acceptors (Lipinski definition) is 7. The molecule has 0 fully saturated rings. The third-order valence-corrected chi connectivity index (χ3v) is 4.60. The molecule has 0 aliphatic carbocycles. The number of nitrogens with one attached hydrogen (secondary N) is 1. The number of rotatable bonds is 7. The summed E-state index contributed by atoms with van der Waals surface area (Å²) in [5, 5.41) is 4.89. The van der Waals surface area contributed by atoms with Gasteiger partial charge in [0.25, 0.3) is 0 Å². The summed E-state index contributed by atoms with van der Waals surface area (Å²) in [7, 11) is 1.32. The molecule has 0 atom stereocenters. The molecule has 7 nitrogen and oxygen atoms in total. The van der Waals surface area contributed by atoms with Crippen molar-refractivity contribution in [1.29, 1.82) is 0 Å². The van der Waals surface area contributed by atoms with Crippen molar-refractivity contribution < 1.29 is 18.7 Å². The van der Waals surface area contributed by atoms with Crippen LogP contribution in [0.3, 0.4) is 0 Å². The van der Waals surface area contributed by atoms with Gasteiger partial charge in [-0.3, -0.25) is 9.59 Å². The van der Waals surface area contributed by atoms with Crippen LogP contribution in [-0.2, 0) is 27.2 Å². The van der Waals surface area contributed by atoms with Crippen molar-refractivity contribution >= 4 is 28.3 Å². The lowest BCUT2D eigenvalue weighted by atomic mass is 10.1. The number of benzene rings is 1. The minimum atomic E-state index is -0.369. The standard InChI is InChI=1S/C19H19N3O4S/c1-12-18(13-6-4-3-5-7-13)26-16(20-12)9-8-15(23)22-19-21-14(11-27-19)10-17(24)25-2/h3-7,11H,8-10H2,1-2H3,(H,21,22,23). The summed E-state index contributed by atoms with van der Waals surface area (Å²) in [6.07, 6.45) is 0.695. The Morgan fingerprint density at radius 3 is 2.74 bits per heavy atom. The normalized spacial score (nSPS) is 10.6. The molecule has 0 aliphatic heterocycles. The molecule has 3 rings (SSSR count). The lowest BCUT2D eigenvalue weighted by Gasteiger charge is -2.00. The number of anilines is 1. The number of ether oxygens (including phenoxy) is 1. The average Bonchev–Trinajstić information content (AvgIpc) is 3.26. The summed E-state index contributed by atoms with van der Waals surface area (Å²) in [6, 6.07) is 9.73. The molecule has 2 heterocycles. The first-order valence-electron chi connectivity index (χ1n) is 8.38. The molecule has 0 saturated heterocycles. The van der Waals surface area contributed by atoms with Gasteiger partial charge in [0.1, 0.15) is 0 Å². The molecule has 3 aromatic rings. The summed E-state index contributed by atoms with van der Waals surface area (Å²) in [4.78, 5) is 32.0. The molecule has 0 unspecified atom stereocenters. The first-order valence-corrected chi connectivity index (χ1v) is 9.26. The Balaban J connectivity index is 1.55. The maximum Gasteiger partial charge on any atom is 0.311 e. The zero-order valence-corrected chi connectivity index (χ0v) is 15.8. The molecule has 0 bridgehead atoms. The molecule has 0 aliphatic rings. The van der Waals surface area contributed by atoms with Gasteiger partial charge in [-0.1, -0.05) is 30.3 Å². The van der Waals surface area contributed by atoms with Gasteiger partial charge in [0.05, 0.1) is 24.9 Å². The van der Waals surface area contributed by atoms with Gasteiger partial charge >= 0.3 is 5.97 Å². The van der Waals surface area contributed by atoms with Gasteiger partial charge in [-0.2, -0.15) is 0 Å². The van der Waals surface area contributed by atoms with Crippen LogP contribution in [-0.4, -0.2) is 29.0 Å². The Kier molecular flexibility index (Phi) is 5.97. The summed E-state index contributed by atoms with van der Waals surface area (Å²) in [5.41, 5.74) is 2.32. The predicted molar refractivity (Wildman–Crippen MR) is 101 cm³/mol. The lowest BCUT2D eigenvalue weighted by Crippen LogP contribution is -2.12. The van der Waals surface area contributed by atoms with E-state index in [1.165, 1.54) is 18.4 Å². The van der Waals surface area contributed by atoms with Crippen LogP contribution in [0.2, 0.25) is 0 Å². The largest absolute Gasteiger partial charge is 0.469 e. The van der Waals surface area contributed by atoms with E-state index in [2.05, 4.69) is 20.0 Å². The van der Waals surface area contributed by atoms with Crippen LogP contribution < -0.4 is 5.32 Å². The Hall–Kier alpha value is -3.00. The molecular formula is C19H19N3O4S. The molecule has 0 saturated carbocycles. The highest BCUT2D eigenvalue weighted by atomic mass is 32.1. The van der Waals surface area contributed by atoms with Crippen LogP contribution >= 0.6 is 11.3 Å². The van der Waals surface area contributed by atoms with E-state index in [1.807, 2.05) is 37.3 Å². The fourth-order valence-corrected chi connectivity index (χ4v) is 3.21. The fourth-order valence-electron chi connectivity index (χ4n) is 2.48. The summed E-state index contributed by atoms with van der Waals surface area (Å²) < 4.78 is 10.4. The third kappa shape index (κ3) is 5.01. The van der Waals surface area contributed by atoms with Crippen LogP contribution in [0.25, 0.3) is 11.3 Å². The van der Waals surface area contributed by atoms with Crippen molar-refractivity contribution in [3.63, 3.8) is 0 Å². The van der Waals surface area contributed by atoms with Crippen molar-refractivity contribution in [3.05, 3.63) is 53.0 Å². The highest BCUT2D eigenvalue weighted by Gasteiger charge is 2.14. The van der Waals surface area contributed by atoms with E-state index in [0.717, 1.165) is 17.0 Å². The van der Waals surface area contributed by atoms with Crippen LogP contribution in [0.5, 0.6) is 0 Å².